The lowest BCUT2D eigenvalue weighted by molar-refractivity contribution is 0.0644. The summed E-state index contributed by atoms with van der Waals surface area (Å²) in [6.45, 7) is 7.69. The van der Waals surface area contributed by atoms with Gasteiger partial charge in [0, 0.05) is 27.3 Å². The van der Waals surface area contributed by atoms with E-state index in [1.54, 1.807) is 30.3 Å². The smallest absolute Gasteiger partial charge is 0.408 e. The molecular weight excluding hydrogens is 438 g/mol. The zero-order chi connectivity index (χ0) is 23.8. The van der Waals surface area contributed by atoms with Crippen molar-refractivity contribution in [2.45, 2.75) is 44.9 Å². The molecule has 0 spiro atoms. The summed E-state index contributed by atoms with van der Waals surface area (Å²) in [4.78, 5) is 38.6. The van der Waals surface area contributed by atoms with Crippen LogP contribution in [0.5, 0.6) is 0 Å². The first-order chi connectivity index (χ1) is 15.6. The van der Waals surface area contributed by atoms with E-state index in [-0.39, 0.29) is 25.1 Å². The van der Waals surface area contributed by atoms with Gasteiger partial charge in [-0.25, -0.2) is 9.36 Å². The normalized spacial score (nSPS) is 14.8. The summed E-state index contributed by atoms with van der Waals surface area (Å²) in [5.41, 5.74) is 9.07. The van der Waals surface area contributed by atoms with E-state index in [0.717, 1.165) is 11.6 Å². The fraction of sp³-hybridized carbons (Fsp3) is 0.375. The molecule has 2 N–H and O–H groups in total. The standard InChI is InChI=1S/C24H29N3O5Si/c1-33(2,3)11-10-31-15-27-20-9-8-16(13-21(20)32-24(27)30)12-17(25)14-26-22(28)18-6-4-5-7-19(18)23(26)29/h4-9,13,17H,10-12,14-15,25H2,1-3H3/t17-/m0/s1. The van der Waals surface area contributed by atoms with Crippen LogP contribution in [0.1, 0.15) is 26.3 Å². The second-order valence-electron chi connectivity index (χ2n) is 9.68. The fourth-order valence-corrected chi connectivity index (χ4v) is 4.66. The van der Waals surface area contributed by atoms with Gasteiger partial charge in [0.1, 0.15) is 6.73 Å². The van der Waals surface area contributed by atoms with Crippen molar-refractivity contribution in [3.63, 3.8) is 0 Å². The van der Waals surface area contributed by atoms with Crippen molar-refractivity contribution < 1.29 is 18.7 Å². The van der Waals surface area contributed by atoms with Gasteiger partial charge in [0.15, 0.2) is 5.58 Å². The van der Waals surface area contributed by atoms with Crippen LogP contribution in [0.4, 0.5) is 0 Å². The van der Waals surface area contributed by atoms with E-state index < -0.39 is 19.9 Å². The topological polar surface area (TPSA) is 108 Å². The largest absolute Gasteiger partial charge is 0.421 e. The van der Waals surface area contributed by atoms with Crippen LogP contribution in [-0.4, -0.2) is 48.5 Å². The molecule has 0 bridgehead atoms. The van der Waals surface area contributed by atoms with Crippen LogP contribution >= 0.6 is 0 Å². The number of fused-ring (bicyclic) bond motifs is 2. The third kappa shape index (κ3) is 5.00. The SMILES string of the molecule is C[Si](C)(C)CCOCn1c(=O)oc2cc(C[C@H](N)CN3C(=O)c4ccccc4C3=O)ccc21. The van der Waals surface area contributed by atoms with Crippen molar-refractivity contribution in [2.24, 2.45) is 5.73 Å². The highest BCUT2D eigenvalue weighted by atomic mass is 28.3. The Hall–Kier alpha value is -3.01. The molecular formula is C24H29N3O5Si. The monoisotopic (exact) mass is 467 g/mol. The van der Waals surface area contributed by atoms with Gasteiger partial charge in [0.2, 0.25) is 0 Å². The third-order valence-electron chi connectivity index (χ3n) is 5.74. The predicted octanol–water partition coefficient (Wildman–Crippen LogP) is 3.07. The van der Waals surface area contributed by atoms with E-state index in [9.17, 15) is 14.4 Å². The minimum atomic E-state index is -1.20. The molecule has 0 aliphatic carbocycles. The molecule has 1 aromatic heterocycles. The molecule has 1 atom stereocenters. The highest BCUT2D eigenvalue weighted by Gasteiger charge is 2.35. The quantitative estimate of drug-likeness (QED) is 0.294. The Kier molecular flexibility index (Phi) is 6.38. The van der Waals surface area contributed by atoms with Crippen molar-refractivity contribution in [3.8, 4) is 0 Å². The predicted molar refractivity (Wildman–Crippen MR) is 128 cm³/mol. The molecule has 2 amide bonds. The van der Waals surface area contributed by atoms with Crippen LogP contribution in [0.15, 0.2) is 51.7 Å². The van der Waals surface area contributed by atoms with E-state index in [0.29, 0.717) is 35.3 Å². The lowest BCUT2D eigenvalue weighted by Gasteiger charge is -2.19. The lowest BCUT2D eigenvalue weighted by Crippen LogP contribution is -2.41. The maximum Gasteiger partial charge on any atom is 0.421 e. The van der Waals surface area contributed by atoms with Crippen LogP contribution in [0, 0.1) is 0 Å². The van der Waals surface area contributed by atoms with Gasteiger partial charge in [-0.2, -0.15) is 0 Å². The molecule has 0 unspecified atom stereocenters. The van der Waals surface area contributed by atoms with E-state index in [1.165, 1.54) is 9.47 Å². The van der Waals surface area contributed by atoms with Crippen molar-refractivity contribution in [1.29, 1.82) is 0 Å². The highest BCUT2D eigenvalue weighted by Crippen LogP contribution is 2.23. The van der Waals surface area contributed by atoms with Crippen LogP contribution in [0.2, 0.25) is 25.7 Å². The van der Waals surface area contributed by atoms with Gasteiger partial charge in [0.05, 0.1) is 16.6 Å². The summed E-state index contributed by atoms with van der Waals surface area (Å²) in [5, 5.41) is 0. The zero-order valence-corrected chi connectivity index (χ0v) is 20.2. The average molecular weight is 468 g/mol. The van der Waals surface area contributed by atoms with Gasteiger partial charge in [-0.15, -0.1) is 0 Å². The number of hydrogen-bond acceptors (Lipinski definition) is 6. The van der Waals surface area contributed by atoms with Gasteiger partial charge < -0.3 is 14.9 Å². The number of imide groups is 1. The molecule has 9 heteroatoms. The molecule has 0 saturated carbocycles. The van der Waals surface area contributed by atoms with Crippen molar-refractivity contribution in [2.75, 3.05) is 13.2 Å². The number of carbonyl (C=O) groups excluding carboxylic acids is 2. The summed E-state index contributed by atoms with van der Waals surface area (Å²) < 4.78 is 12.6. The van der Waals surface area contributed by atoms with E-state index in [4.69, 9.17) is 14.9 Å². The average Bonchev–Trinajstić information content (AvgIpc) is 3.19. The molecule has 0 radical (unpaired) electrons. The molecule has 3 aromatic rings. The second kappa shape index (κ2) is 9.09. The number of oxazole rings is 1. The molecule has 0 fully saturated rings. The van der Waals surface area contributed by atoms with E-state index >= 15 is 0 Å². The molecule has 2 heterocycles. The number of rotatable bonds is 9. The first-order valence-electron chi connectivity index (χ1n) is 11.0. The van der Waals surface area contributed by atoms with Gasteiger partial charge in [0.25, 0.3) is 11.8 Å². The molecule has 174 valence electrons. The maximum atomic E-state index is 12.6. The number of nitrogens with two attached hydrogens (primary N) is 1. The number of ether oxygens (including phenoxy) is 1. The number of nitrogens with zero attached hydrogens (tertiary/aromatic N) is 2. The van der Waals surface area contributed by atoms with Crippen LogP contribution in [0.3, 0.4) is 0 Å². The first-order valence-corrected chi connectivity index (χ1v) is 14.8. The molecule has 8 nitrogen and oxygen atoms in total. The Bertz CT molecular complexity index is 1220. The number of benzene rings is 2. The molecule has 1 aliphatic rings. The van der Waals surface area contributed by atoms with Gasteiger partial charge in [-0.05, 0) is 42.3 Å². The van der Waals surface area contributed by atoms with Crippen LogP contribution in [0.25, 0.3) is 11.1 Å². The van der Waals surface area contributed by atoms with Crippen molar-refractivity contribution in [1.82, 2.24) is 9.47 Å². The minimum absolute atomic E-state index is 0.111. The number of amides is 2. The molecule has 2 aromatic carbocycles. The van der Waals surface area contributed by atoms with Gasteiger partial charge in [-0.3, -0.25) is 14.5 Å². The van der Waals surface area contributed by atoms with Crippen molar-refractivity contribution >= 4 is 31.0 Å². The fourth-order valence-electron chi connectivity index (χ4n) is 3.90. The highest BCUT2D eigenvalue weighted by molar-refractivity contribution is 6.76. The summed E-state index contributed by atoms with van der Waals surface area (Å²) >= 11 is 0. The molecule has 0 saturated heterocycles. The third-order valence-corrected chi connectivity index (χ3v) is 7.45. The molecule has 33 heavy (non-hydrogen) atoms. The van der Waals surface area contributed by atoms with E-state index in [1.807, 2.05) is 12.1 Å². The second-order valence-corrected chi connectivity index (χ2v) is 15.3. The Morgan fingerprint density at radius 2 is 1.70 bits per heavy atom. The van der Waals surface area contributed by atoms with Crippen LogP contribution < -0.4 is 11.5 Å². The minimum Gasteiger partial charge on any atom is -0.408 e. The number of aromatic nitrogens is 1. The summed E-state index contributed by atoms with van der Waals surface area (Å²) in [5.74, 6) is -1.11. The van der Waals surface area contributed by atoms with E-state index in [2.05, 4.69) is 19.6 Å². The Labute approximate surface area is 192 Å². The number of carbonyl (C=O) groups is 2. The summed E-state index contributed by atoms with van der Waals surface area (Å²) in [6, 6.07) is 12.8. The Balaban J connectivity index is 1.41. The Morgan fingerprint density at radius 3 is 2.33 bits per heavy atom. The lowest BCUT2D eigenvalue weighted by atomic mass is 10.1. The Morgan fingerprint density at radius 1 is 1.03 bits per heavy atom. The number of hydrogen-bond donors (Lipinski definition) is 1. The summed E-state index contributed by atoms with van der Waals surface area (Å²) in [6.07, 6.45) is 0.422. The first kappa shape index (κ1) is 23.2. The van der Waals surface area contributed by atoms with Gasteiger partial charge in [-0.1, -0.05) is 37.8 Å². The van der Waals surface area contributed by atoms with Crippen molar-refractivity contribution in [3.05, 3.63) is 69.7 Å². The summed E-state index contributed by atoms with van der Waals surface area (Å²) in [7, 11) is -1.20. The molecule has 1 aliphatic heterocycles. The molecule has 4 rings (SSSR count). The maximum absolute atomic E-state index is 12.6. The van der Waals surface area contributed by atoms with Crippen LogP contribution in [-0.2, 0) is 17.9 Å². The van der Waals surface area contributed by atoms with Gasteiger partial charge >= 0.3 is 5.76 Å². The zero-order valence-electron chi connectivity index (χ0n) is 19.2.